The molecule has 0 fully saturated rings. The van der Waals surface area contributed by atoms with Crippen LogP contribution < -0.4 is 0 Å². The van der Waals surface area contributed by atoms with Crippen molar-refractivity contribution >= 4 is 56.6 Å². The molecule has 4 aromatic carbocycles. The molecule has 0 saturated carbocycles. The van der Waals surface area contributed by atoms with E-state index < -0.39 is 0 Å². The van der Waals surface area contributed by atoms with Crippen LogP contribution in [0.1, 0.15) is 20.7 Å². The van der Waals surface area contributed by atoms with Crippen LogP contribution in [-0.2, 0) is 0 Å². The van der Waals surface area contributed by atoms with Crippen molar-refractivity contribution in [3.63, 3.8) is 0 Å². The number of carbonyl (C=O) groups is 2. The smallest absolute Gasteiger partial charge is 0.202 e. The highest BCUT2D eigenvalue weighted by Crippen LogP contribution is 2.52. The van der Waals surface area contributed by atoms with Gasteiger partial charge in [0.1, 0.15) is 0 Å². The molecule has 28 heavy (non-hydrogen) atoms. The van der Waals surface area contributed by atoms with E-state index in [9.17, 15) is 9.59 Å². The molecule has 0 radical (unpaired) electrons. The minimum atomic E-state index is -0.0429. The summed E-state index contributed by atoms with van der Waals surface area (Å²) in [6.45, 7) is 0. The zero-order valence-electron chi connectivity index (χ0n) is 14.6. The molecule has 2 nitrogen and oxygen atoms in total. The van der Waals surface area contributed by atoms with Crippen LogP contribution in [0.3, 0.4) is 0 Å². The first-order valence-corrected chi connectivity index (χ1v) is 10.6. The van der Waals surface area contributed by atoms with Gasteiger partial charge in [0.05, 0.1) is 9.81 Å². The third-order valence-electron chi connectivity index (χ3n) is 5.28. The second-order valence-electron chi connectivity index (χ2n) is 6.85. The van der Waals surface area contributed by atoms with Crippen LogP contribution in [0.4, 0.5) is 0 Å². The fourth-order valence-electron chi connectivity index (χ4n) is 3.90. The number of thioether (sulfide) groups is 2. The average Bonchev–Trinajstić information content (AvgIpc) is 3.25. The molecule has 4 heteroatoms. The second-order valence-corrected chi connectivity index (χ2v) is 8.89. The highest BCUT2D eigenvalue weighted by Gasteiger charge is 2.37. The van der Waals surface area contributed by atoms with Crippen LogP contribution in [0.15, 0.2) is 92.4 Å². The summed E-state index contributed by atoms with van der Waals surface area (Å²) in [6, 6.07) is 23.8. The first kappa shape index (κ1) is 16.2. The largest absolute Gasteiger partial charge is 0.288 e. The lowest BCUT2D eigenvalue weighted by Crippen LogP contribution is -2.01. The molecule has 0 aliphatic carbocycles. The lowest BCUT2D eigenvalue weighted by molar-refractivity contribution is 0.101. The summed E-state index contributed by atoms with van der Waals surface area (Å²) in [7, 11) is 0. The van der Waals surface area contributed by atoms with E-state index in [2.05, 4.69) is 0 Å². The Labute approximate surface area is 169 Å². The number of allylic oxidation sites excluding steroid dienone is 2. The fourth-order valence-corrected chi connectivity index (χ4v) is 6.47. The lowest BCUT2D eigenvalue weighted by Gasteiger charge is -2.02. The molecule has 132 valence electrons. The quantitative estimate of drug-likeness (QED) is 0.319. The molecule has 0 unspecified atom stereocenters. The van der Waals surface area contributed by atoms with Crippen molar-refractivity contribution in [3.8, 4) is 0 Å². The summed E-state index contributed by atoms with van der Waals surface area (Å²) in [4.78, 5) is 29.3. The third-order valence-corrected chi connectivity index (χ3v) is 7.88. The average molecular weight is 396 g/mol. The van der Waals surface area contributed by atoms with Crippen LogP contribution in [0.5, 0.6) is 0 Å². The molecule has 6 rings (SSSR count). The van der Waals surface area contributed by atoms with E-state index in [0.29, 0.717) is 20.9 Å². The topological polar surface area (TPSA) is 34.1 Å². The summed E-state index contributed by atoms with van der Waals surface area (Å²) in [5.74, 6) is -0.0857. The molecule has 2 aliphatic rings. The highest BCUT2D eigenvalue weighted by atomic mass is 32.2. The molecule has 0 spiro atoms. The SMILES string of the molecule is O=C1C(=C2Sc3c(ccc4ccccc34)C2=O)Sc2c1ccc1ccccc21. The maximum absolute atomic E-state index is 13.1. The van der Waals surface area contributed by atoms with E-state index in [1.807, 2.05) is 72.8 Å². The summed E-state index contributed by atoms with van der Waals surface area (Å²) in [5, 5.41) is 4.33. The van der Waals surface area contributed by atoms with Gasteiger partial charge in [0.25, 0.3) is 0 Å². The van der Waals surface area contributed by atoms with E-state index in [1.54, 1.807) is 0 Å². The molecule has 0 atom stereocenters. The Morgan fingerprint density at radius 2 is 0.929 bits per heavy atom. The minimum absolute atomic E-state index is 0.0429. The number of Topliss-reactive ketones (excluding diaryl/α,β-unsaturated/α-hetero) is 2. The van der Waals surface area contributed by atoms with Gasteiger partial charge >= 0.3 is 0 Å². The number of benzene rings is 4. The zero-order chi connectivity index (χ0) is 18.8. The predicted octanol–water partition coefficient (Wildman–Crippen LogP) is 6.48. The second kappa shape index (κ2) is 5.84. The third kappa shape index (κ3) is 2.13. The predicted molar refractivity (Wildman–Crippen MR) is 115 cm³/mol. The van der Waals surface area contributed by atoms with E-state index in [1.165, 1.54) is 23.5 Å². The standard InChI is InChI=1S/C24H12O2S2/c25-19-17-11-9-13-5-1-3-7-15(13)21(17)27-23(19)24-20(26)18-12-10-14-6-2-4-8-16(14)22(18)28-24/h1-12H. The minimum Gasteiger partial charge on any atom is -0.288 e. The van der Waals surface area contributed by atoms with Crippen molar-refractivity contribution in [3.05, 3.63) is 93.7 Å². The first-order valence-electron chi connectivity index (χ1n) is 8.95. The number of ketones is 2. The zero-order valence-corrected chi connectivity index (χ0v) is 16.2. The Kier molecular flexibility index (Phi) is 3.37. The molecular weight excluding hydrogens is 384 g/mol. The first-order chi connectivity index (χ1) is 13.7. The Balaban J connectivity index is 1.54. The highest BCUT2D eigenvalue weighted by molar-refractivity contribution is 8.09. The van der Waals surface area contributed by atoms with Crippen LogP contribution >= 0.6 is 23.5 Å². The van der Waals surface area contributed by atoms with Crippen LogP contribution in [0, 0.1) is 0 Å². The Hall–Kier alpha value is -2.82. The molecule has 0 bridgehead atoms. The number of carbonyl (C=O) groups excluding carboxylic acids is 2. The Morgan fingerprint density at radius 3 is 1.39 bits per heavy atom. The van der Waals surface area contributed by atoms with Gasteiger partial charge in [0.2, 0.25) is 11.6 Å². The van der Waals surface area contributed by atoms with E-state index in [-0.39, 0.29) is 11.6 Å². The van der Waals surface area contributed by atoms with Gasteiger partial charge in [-0.05, 0) is 33.7 Å². The van der Waals surface area contributed by atoms with E-state index in [4.69, 9.17) is 0 Å². The molecule has 2 heterocycles. The van der Waals surface area contributed by atoms with E-state index >= 15 is 0 Å². The van der Waals surface area contributed by atoms with Gasteiger partial charge in [0.15, 0.2) is 0 Å². The Bertz CT molecular complexity index is 1290. The maximum Gasteiger partial charge on any atom is 0.202 e. The van der Waals surface area contributed by atoms with Crippen molar-refractivity contribution in [2.45, 2.75) is 9.79 Å². The van der Waals surface area contributed by atoms with Gasteiger partial charge in [-0.3, -0.25) is 9.59 Å². The molecule has 0 amide bonds. The molecule has 4 aromatic rings. The number of fused-ring (bicyclic) bond motifs is 6. The van der Waals surface area contributed by atoms with Gasteiger partial charge in [-0.25, -0.2) is 0 Å². The van der Waals surface area contributed by atoms with Gasteiger partial charge in [-0.2, -0.15) is 0 Å². The fraction of sp³-hybridized carbons (Fsp3) is 0. The van der Waals surface area contributed by atoms with Gasteiger partial charge in [0, 0.05) is 20.9 Å². The van der Waals surface area contributed by atoms with Gasteiger partial charge in [-0.15, -0.1) is 0 Å². The maximum atomic E-state index is 13.1. The van der Waals surface area contributed by atoms with Crippen LogP contribution in [0.25, 0.3) is 21.5 Å². The molecule has 2 aliphatic heterocycles. The van der Waals surface area contributed by atoms with Crippen molar-refractivity contribution in [2.75, 3.05) is 0 Å². The molecular formula is C24H12O2S2. The molecule has 0 saturated heterocycles. The van der Waals surface area contributed by atoms with Gasteiger partial charge in [-0.1, -0.05) is 84.2 Å². The number of rotatable bonds is 0. The summed E-state index contributed by atoms with van der Waals surface area (Å²) < 4.78 is 0. The van der Waals surface area contributed by atoms with Crippen LogP contribution in [-0.4, -0.2) is 11.6 Å². The lowest BCUT2D eigenvalue weighted by atomic mass is 10.0. The number of hydrogen-bond acceptors (Lipinski definition) is 4. The van der Waals surface area contributed by atoms with Crippen molar-refractivity contribution in [2.24, 2.45) is 0 Å². The number of hydrogen-bond donors (Lipinski definition) is 0. The van der Waals surface area contributed by atoms with Crippen molar-refractivity contribution in [1.82, 2.24) is 0 Å². The monoisotopic (exact) mass is 396 g/mol. The molecule has 0 aromatic heterocycles. The van der Waals surface area contributed by atoms with E-state index in [0.717, 1.165) is 31.3 Å². The Morgan fingerprint density at radius 1 is 0.500 bits per heavy atom. The van der Waals surface area contributed by atoms with Gasteiger partial charge < -0.3 is 0 Å². The summed E-state index contributed by atoms with van der Waals surface area (Å²) in [6.07, 6.45) is 0. The molecule has 0 N–H and O–H groups in total. The normalized spacial score (nSPS) is 18.1. The van der Waals surface area contributed by atoms with Crippen molar-refractivity contribution in [1.29, 1.82) is 0 Å². The summed E-state index contributed by atoms with van der Waals surface area (Å²) in [5.41, 5.74) is 1.39. The summed E-state index contributed by atoms with van der Waals surface area (Å²) >= 11 is 2.88. The van der Waals surface area contributed by atoms with Crippen LogP contribution in [0.2, 0.25) is 0 Å². The van der Waals surface area contributed by atoms with Crippen molar-refractivity contribution < 1.29 is 9.59 Å².